The number of hydrogen-bond donors (Lipinski definition) is 1. The van der Waals surface area contributed by atoms with E-state index in [9.17, 15) is 42.8 Å². The van der Waals surface area contributed by atoms with E-state index in [1.807, 2.05) is 0 Å². The minimum atomic E-state index is -5.61. The minimum absolute atomic E-state index is 0.0197. The van der Waals surface area contributed by atoms with Crippen LogP contribution in [-0.2, 0) is 36.4 Å². The van der Waals surface area contributed by atoms with Crippen molar-refractivity contribution in [3.8, 4) is 0 Å². The Kier molecular flexibility index (Phi) is 6.69. The molecule has 0 saturated carbocycles. The third-order valence-corrected chi connectivity index (χ3v) is 10.0. The van der Waals surface area contributed by atoms with Crippen LogP contribution in [-0.4, -0.2) is 34.7 Å². The lowest BCUT2D eigenvalue weighted by Crippen LogP contribution is -2.35. The van der Waals surface area contributed by atoms with E-state index >= 15 is 0 Å². The molecular formula is C22H16F4N2O6S3. The first kappa shape index (κ1) is 26.8. The molecule has 0 unspecified atom stereocenters. The quantitative estimate of drug-likeness (QED) is 0.335. The number of sulfonamides is 1. The van der Waals surface area contributed by atoms with Gasteiger partial charge in [0.25, 0.3) is 10.0 Å². The Labute approximate surface area is 209 Å². The number of halogens is 4. The minimum Gasteiger partial charge on any atom is -0.222 e. The van der Waals surface area contributed by atoms with Gasteiger partial charge in [-0.25, -0.2) is 38.3 Å². The number of alkyl halides is 3. The lowest BCUT2D eigenvalue weighted by Gasteiger charge is -2.13. The molecule has 0 radical (unpaired) electrons. The zero-order valence-electron chi connectivity index (χ0n) is 18.3. The van der Waals surface area contributed by atoms with E-state index < -0.39 is 57.7 Å². The van der Waals surface area contributed by atoms with Crippen LogP contribution in [0.1, 0.15) is 5.56 Å². The van der Waals surface area contributed by atoms with Crippen LogP contribution in [0.25, 0.3) is 10.9 Å². The molecule has 1 N–H and O–H groups in total. The third-order valence-electron chi connectivity index (χ3n) is 5.27. The molecule has 0 amide bonds. The molecule has 4 rings (SSSR count). The highest BCUT2D eigenvalue weighted by atomic mass is 32.2. The molecule has 8 nitrogen and oxygen atoms in total. The lowest BCUT2D eigenvalue weighted by molar-refractivity contribution is -0.0448. The second kappa shape index (κ2) is 9.24. The maximum absolute atomic E-state index is 13.5. The van der Waals surface area contributed by atoms with E-state index in [2.05, 4.69) is 0 Å². The Hall–Kier alpha value is -3.27. The molecule has 0 spiro atoms. The zero-order valence-corrected chi connectivity index (χ0v) is 20.8. The number of nitrogens with zero attached hydrogens (tertiary/aromatic N) is 1. The van der Waals surface area contributed by atoms with Crippen LogP contribution in [0.15, 0.2) is 93.7 Å². The molecular weight excluding hydrogens is 560 g/mol. The number of para-hydroxylation sites is 1. The fourth-order valence-electron chi connectivity index (χ4n) is 3.42. The Bertz CT molecular complexity index is 1800. The summed E-state index contributed by atoms with van der Waals surface area (Å²) < 4.78 is 129. The Morgan fingerprint density at radius 3 is 1.92 bits per heavy atom. The van der Waals surface area contributed by atoms with Gasteiger partial charge in [-0.15, -0.1) is 0 Å². The number of aromatic nitrogens is 1. The number of fused-ring (bicyclic) bond motifs is 1. The van der Waals surface area contributed by atoms with Crippen LogP contribution in [0.2, 0.25) is 0 Å². The molecule has 4 aromatic rings. The number of rotatable bonds is 7. The summed E-state index contributed by atoms with van der Waals surface area (Å²) in [5.41, 5.74) is -5.45. The van der Waals surface area contributed by atoms with Gasteiger partial charge in [0.2, 0.25) is 9.84 Å². The number of hydrogen-bond acceptors (Lipinski definition) is 6. The van der Waals surface area contributed by atoms with E-state index in [4.69, 9.17) is 0 Å². The van der Waals surface area contributed by atoms with Crippen molar-refractivity contribution >= 4 is 40.8 Å². The third kappa shape index (κ3) is 4.99. The summed E-state index contributed by atoms with van der Waals surface area (Å²) in [5.74, 6) is -0.693. The average molecular weight is 577 g/mol. The molecule has 0 atom stereocenters. The van der Waals surface area contributed by atoms with Gasteiger partial charge in [-0.2, -0.15) is 13.2 Å². The van der Waals surface area contributed by atoms with Gasteiger partial charge in [0.1, 0.15) is 5.82 Å². The second-order valence-corrected chi connectivity index (χ2v) is 13.1. The summed E-state index contributed by atoms with van der Waals surface area (Å²) in [7, 11) is -14.6. The lowest BCUT2D eigenvalue weighted by atomic mass is 10.2. The summed E-state index contributed by atoms with van der Waals surface area (Å²) in [6.45, 7) is -0.763. The Morgan fingerprint density at radius 2 is 1.32 bits per heavy atom. The van der Waals surface area contributed by atoms with E-state index in [-0.39, 0.29) is 21.4 Å². The highest BCUT2D eigenvalue weighted by Crippen LogP contribution is 2.32. The van der Waals surface area contributed by atoms with Gasteiger partial charge >= 0.3 is 15.5 Å². The predicted molar refractivity (Wildman–Crippen MR) is 125 cm³/mol. The van der Waals surface area contributed by atoms with E-state index in [0.29, 0.717) is 3.97 Å². The van der Waals surface area contributed by atoms with Crippen molar-refractivity contribution < 1.29 is 42.8 Å². The standard InChI is InChI=1S/C22H16F4N2O6S3/c23-17-7-11-19(12-8-17)36(31,32)28-20-4-2-1-3-16(20)13-21(28)35(29,30)18-9-5-15(6-10-18)14-27-37(33,34)22(24,25)26/h1-13,27H,14H2. The van der Waals surface area contributed by atoms with Gasteiger partial charge in [-0.05, 0) is 54.1 Å². The van der Waals surface area contributed by atoms with Gasteiger partial charge in [0.15, 0.2) is 5.03 Å². The van der Waals surface area contributed by atoms with Gasteiger partial charge in [-0.1, -0.05) is 30.3 Å². The van der Waals surface area contributed by atoms with E-state index in [1.54, 1.807) is 6.07 Å². The van der Waals surface area contributed by atoms with Crippen molar-refractivity contribution in [1.29, 1.82) is 0 Å². The van der Waals surface area contributed by atoms with Crippen molar-refractivity contribution in [3.63, 3.8) is 0 Å². The summed E-state index contributed by atoms with van der Waals surface area (Å²) in [5, 5.41) is -0.339. The summed E-state index contributed by atoms with van der Waals surface area (Å²) in [4.78, 5) is -0.757. The first-order chi connectivity index (χ1) is 17.1. The van der Waals surface area contributed by atoms with Crippen molar-refractivity contribution in [2.75, 3.05) is 0 Å². The van der Waals surface area contributed by atoms with Gasteiger partial charge in [-0.3, -0.25) is 0 Å². The smallest absolute Gasteiger partial charge is 0.222 e. The van der Waals surface area contributed by atoms with Gasteiger partial charge in [0, 0.05) is 11.9 Å². The summed E-state index contributed by atoms with van der Waals surface area (Å²) >= 11 is 0. The zero-order chi connectivity index (χ0) is 27.2. The molecule has 0 bridgehead atoms. The molecule has 1 heterocycles. The molecule has 0 fully saturated rings. The van der Waals surface area contributed by atoms with Crippen LogP contribution in [0, 0.1) is 5.82 Å². The van der Waals surface area contributed by atoms with Crippen LogP contribution in [0.4, 0.5) is 17.6 Å². The molecule has 0 aliphatic rings. The fourth-order valence-corrected chi connectivity index (χ4v) is 7.27. The van der Waals surface area contributed by atoms with E-state index in [1.165, 1.54) is 22.9 Å². The molecule has 37 heavy (non-hydrogen) atoms. The van der Waals surface area contributed by atoms with Crippen molar-refractivity contribution in [1.82, 2.24) is 8.69 Å². The fraction of sp³-hybridized carbons (Fsp3) is 0.0909. The molecule has 15 heteroatoms. The van der Waals surface area contributed by atoms with Gasteiger partial charge < -0.3 is 0 Å². The maximum Gasteiger partial charge on any atom is 0.511 e. The number of nitrogens with one attached hydrogen (secondary N) is 1. The van der Waals surface area contributed by atoms with Crippen LogP contribution in [0.3, 0.4) is 0 Å². The van der Waals surface area contributed by atoms with Gasteiger partial charge in [0.05, 0.1) is 15.3 Å². The number of benzene rings is 3. The summed E-state index contributed by atoms with van der Waals surface area (Å²) in [6.07, 6.45) is 0. The Morgan fingerprint density at radius 1 is 0.757 bits per heavy atom. The predicted octanol–water partition coefficient (Wildman–Crippen LogP) is 3.79. The highest BCUT2D eigenvalue weighted by Gasteiger charge is 2.45. The van der Waals surface area contributed by atoms with Crippen molar-refractivity contribution in [3.05, 3.63) is 90.2 Å². The maximum atomic E-state index is 13.5. The van der Waals surface area contributed by atoms with Crippen molar-refractivity contribution in [2.24, 2.45) is 0 Å². The Balaban J connectivity index is 1.78. The van der Waals surface area contributed by atoms with Crippen LogP contribution < -0.4 is 4.72 Å². The topological polar surface area (TPSA) is 119 Å². The molecule has 0 saturated heterocycles. The van der Waals surface area contributed by atoms with Crippen LogP contribution in [0.5, 0.6) is 0 Å². The molecule has 1 aromatic heterocycles. The monoisotopic (exact) mass is 576 g/mol. The SMILES string of the molecule is O=S(=O)(c1ccc(CNS(=O)(=O)C(F)(F)F)cc1)c1cc2ccccc2n1S(=O)(=O)c1ccc(F)cc1. The molecule has 0 aliphatic carbocycles. The van der Waals surface area contributed by atoms with Crippen molar-refractivity contribution in [2.45, 2.75) is 26.9 Å². The molecule has 196 valence electrons. The number of sulfone groups is 1. The average Bonchev–Trinajstić information content (AvgIpc) is 3.24. The molecule has 3 aromatic carbocycles. The normalized spacial score (nSPS) is 13.2. The first-order valence-electron chi connectivity index (χ1n) is 10.2. The molecule has 0 aliphatic heterocycles. The van der Waals surface area contributed by atoms with E-state index in [0.717, 1.165) is 54.6 Å². The van der Waals surface area contributed by atoms with Crippen LogP contribution >= 0.6 is 0 Å². The second-order valence-electron chi connectivity index (χ2n) is 7.68. The largest absolute Gasteiger partial charge is 0.511 e. The first-order valence-corrected chi connectivity index (χ1v) is 14.6. The summed E-state index contributed by atoms with van der Waals surface area (Å²) in [6, 6.07) is 15.1. The highest BCUT2D eigenvalue weighted by molar-refractivity contribution is 7.93.